The number of carbonyl (C=O) groups excluding carboxylic acids is 1. The highest BCUT2D eigenvalue weighted by Gasteiger charge is 2.44. The topological polar surface area (TPSA) is 67.9 Å². The highest BCUT2D eigenvalue weighted by molar-refractivity contribution is 7.83. The number of nitrogens with zero attached hydrogens (tertiary/aromatic N) is 1. The Labute approximate surface area is 234 Å². The zero-order valence-electron chi connectivity index (χ0n) is 23.1. The van der Waals surface area contributed by atoms with Crippen LogP contribution in [0.1, 0.15) is 65.6 Å². The molecule has 5 atom stereocenters. The van der Waals surface area contributed by atoms with E-state index in [1.54, 1.807) is 6.07 Å². The van der Waals surface area contributed by atoms with Gasteiger partial charge in [0.1, 0.15) is 16.7 Å². The van der Waals surface area contributed by atoms with Crippen molar-refractivity contribution in [3.05, 3.63) is 70.8 Å². The Hall–Kier alpha value is -2.64. The third-order valence-corrected chi connectivity index (χ3v) is 10.4. The summed E-state index contributed by atoms with van der Waals surface area (Å²) >= 11 is 0. The number of hydrogen-bond acceptors (Lipinski definition) is 5. The molecule has 1 fully saturated rings. The number of hydrogen-bond donors (Lipinski definition) is 1. The van der Waals surface area contributed by atoms with E-state index in [1.807, 2.05) is 19.2 Å². The van der Waals surface area contributed by atoms with Crippen molar-refractivity contribution in [2.24, 2.45) is 11.8 Å². The molecule has 7 heteroatoms. The number of ether oxygens (including phenoxy) is 2. The summed E-state index contributed by atoms with van der Waals surface area (Å²) in [4.78, 5) is 15.6. The molecule has 208 valence electrons. The molecule has 0 saturated heterocycles. The number of aryl methyl sites for hydroxylation is 2. The van der Waals surface area contributed by atoms with Crippen molar-refractivity contribution in [1.82, 2.24) is 4.72 Å². The smallest absolute Gasteiger partial charge is 0.263 e. The fraction of sp³-hybridized carbons (Fsp3) is 0.531. The minimum atomic E-state index is -1.42. The number of allylic oxidation sites excluding steroid dienone is 1. The summed E-state index contributed by atoms with van der Waals surface area (Å²) in [7, 11) is 0.395. The third kappa shape index (κ3) is 5.28. The van der Waals surface area contributed by atoms with Crippen LogP contribution in [0, 0.1) is 18.8 Å². The first kappa shape index (κ1) is 26.6. The van der Waals surface area contributed by atoms with Gasteiger partial charge in [0.05, 0.1) is 18.4 Å². The van der Waals surface area contributed by atoms with Gasteiger partial charge in [-0.3, -0.25) is 9.52 Å². The minimum Gasteiger partial charge on any atom is -0.490 e. The molecule has 1 spiro atoms. The summed E-state index contributed by atoms with van der Waals surface area (Å²) in [5, 5.41) is 0. The Morgan fingerprint density at radius 3 is 2.87 bits per heavy atom. The van der Waals surface area contributed by atoms with E-state index in [0.717, 1.165) is 63.1 Å². The lowest BCUT2D eigenvalue weighted by Gasteiger charge is -2.46. The molecule has 0 aromatic heterocycles. The highest BCUT2D eigenvalue weighted by Crippen LogP contribution is 2.46. The number of methoxy groups -OCH3 is 1. The first-order chi connectivity index (χ1) is 19.0. The molecule has 2 aliphatic carbocycles. The molecule has 2 aliphatic heterocycles. The van der Waals surface area contributed by atoms with Crippen molar-refractivity contribution < 1.29 is 18.5 Å². The normalized spacial score (nSPS) is 31.6. The Morgan fingerprint density at radius 1 is 1.15 bits per heavy atom. The van der Waals surface area contributed by atoms with E-state index in [1.165, 1.54) is 23.1 Å². The van der Waals surface area contributed by atoms with Crippen molar-refractivity contribution in [3.8, 4) is 5.75 Å². The largest absolute Gasteiger partial charge is 0.490 e. The number of fused-ring (bicyclic) bond motifs is 4. The van der Waals surface area contributed by atoms with E-state index < -0.39 is 11.0 Å². The van der Waals surface area contributed by atoms with Crippen LogP contribution in [0.2, 0.25) is 0 Å². The van der Waals surface area contributed by atoms with E-state index in [-0.39, 0.29) is 17.4 Å². The van der Waals surface area contributed by atoms with Gasteiger partial charge < -0.3 is 14.4 Å². The molecule has 39 heavy (non-hydrogen) atoms. The quantitative estimate of drug-likeness (QED) is 0.493. The van der Waals surface area contributed by atoms with Crippen LogP contribution >= 0.6 is 0 Å². The Balaban J connectivity index is 1.41. The van der Waals surface area contributed by atoms with Crippen LogP contribution < -0.4 is 14.4 Å². The molecule has 1 N–H and O–H groups in total. The van der Waals surface area contributed by atoms with Gasteiger partial charge >= 0.3 is 0 Å². The molecule has 6 nitrogen and oxygen atoms in total. The first-order valence-corrected chi connectivity index (χ1v) is 15.8. The molecule has 2 aromatic carbocycles. The van der Waals surface area contributed by atoms with Crippen molar-refractivity contribution in [2.45, 2.75) is 63.4 Å². The maximum atomic E-state index is 13.1. The standard InChI is InChI=1S/C32H40N2O4S/c1-22-9-13-27-23(17-22)7-6-15-32(27)20-34-19-25-10-12-26(25)29(37-2)8-4-3-5-16-39(36)33-31(35)24-11-14-30(38-21-32)28(34)18-24/h4,8-9,11,13-14,17-18,25-26,29H,3,5-7,10,12,15-16,19-21H2,1-2H3,(H,33,35)/b8-4+/t25-,26+,29-,32-,39?/m0/s1. The average molecular weight is 549 g/mol. The van der Waals surface area contributed by atoms with E-state index in [4.69, 9.17) is 9.47 Å². The Bertz CT molecular complexity index is 1290. The van der Waals surface area contributed by atoms with Gasteiger partial charge in [-0.15, -0.1) is 0 Å². The molecule has 1 saturated carbocycles. The molecule has 2 heterocycles. The van der Waals surface area contributed by atoms with Crippen LogP contribution in [0.3, 0.4) is 0 Å². The summed E-state index contributed by atoms with van der Waals surface area (Å²) in [6, 6.07) is 12.6. The van der Waals surface area contributed by atoms with Gasteiger partial charge in [0.15, 0.2) is 0 Å². The van der Waals surface area contributed by atoms with Crippen molar-refractivity contribution in [2.75, 3.05) is 37.5 Å². The molecule has 2 bridgehead atoms. The molecular weight excluding hydrogens is 508 g/mol. The number of benzene rings is 2. The third-order valence-electron chi connectivity index (χ3n) is 9.35. The summed E-state index contributed by atoms with van der Waals surface area (Å²) in [6.07, 6.45) is 11.7. The maximum absolute atomic E-state index is 13.1. The van der Waals surface area contributed by atoms with Crippen LogP contribution in [-0.2, 0) is 27.6 Å². The highest BCUT2D eigenvalue weighted by atomic mass is 32.2. The van der Waals surface area contributed by atoms with Gasteiger partial charge in [0.25, 0.3) is 5.91 Å². The second kappa shape index (κ2) is 11.1. The van der Waals surface area contributed by atoms with E-state index in [9.17, 15) is 9.00 Å². The molecule has 1 amide bonds. The van der Waals surface area contributed by atoms with E-state index in [0.29, 0.717) is 29.8 Å². The summed E-state index contributed by atoms with van der Waals surface area (Å²) < 4.78 is 27.9. The Kier molecular flexibility index (Phi) is 7.56. The van der Waals surface area contributed by atoms with Crippen LogP contribution in [-0.4, -0.2) is 48.8 Å². The van der Waals surface area contributed by atoms with Crippen LogP contribution in [0.5, 0.6) is 5.75 Å². The number of carbonyl (C=O) groups is 1. The predicted octanol–water partition coefficient (Wildman–Crippen LogP) is 5.25. The second-order valence-electron chi connectivity index (χ2n) is 11.9. The number of rotatable bonds is 1. The minimum absolute atomic E-state index is 0.0863. The molecule has 1 unspecified atom stereocenters. The van der Waals surface area contributed by atoms with E-state index in [2.05, 4.69) is 46.9 Å². The fourth-order valence-electron chi connectivity index (χ4n) is 7.12. The van der Waals surface area contributed by atoms with Gasteiger partial charge in [-0.25, -0.2) is 4.21 Å². The lowest BCUT2D eigenvalue weighted by Crippen LogP contribution is -2.49. The lowest BCUT2D eigenvalue weighted by molar-refractivity contribution is 0.0132. The first-order valence-electron chi connectivity index (χ1n) is 14.5. The van der Waals surface area contributed by atoms with Crippen molar-refractivity contribution in [1.29, 1.82) is 0 Å². The molecule has 0 radical (unpaired) electrons. The monoisotopic (exact) mass is 548 g/mol. The van der Waals surface area contributed by atoms with Gasteiger partial charge in [-0.2, -0.15) is 0 Å². The van der Waals surface area contributed by atoms with Crippen molar-refractivity contribution in [3.63, 3.8) is 0 Å². The zero-order valence-corrected chi connectivity index (χ0v) is 23.9. The average Bonchev–Trinajstić information content (AvgIpc) is 3.06. The number of anilines is 1. The molecule has 6 rings (SSSR count). The van der Waals surface area contributed by atoms with Crippen LogP contribution in [0.4, 0.5) is 5.69 Å². The fourth-order valence-corrected chi connectivity index (χ4v) is 7.98. The van der Waals surface area contributed by atoms with Gasteiger partial charge in [0, 0.05) is 36.9 Å². The number of nitrogens with one attached hydrogen (secondary N) is 1. The van der Waals surface area contributed by atoms with Crippen LogP contribution in [0.15, 0.2) is 48.6 Å². The Morgan fingerprint density at radius 2 is 2.05 bits per heavy atom. The second-order valence-corrected chi connectivity index (χ2v) is 13.2. The molecular formula is C32H40N2O4S. The van der Waals surface area contributed by atoms with Gasteiger partial charge in [-0.1, -0.05) is 35.9 Å². The molecule has 4 aliphatic rings. The van der Waals surface area contributed by atoms with Gasteiger partial charge in [-0.05, 0) is 93.0 Å². The predicted molar refractivity (Wildman–Crippen MR) is 156 cm³/mol. The number of amides is 1. The SMILES string of the molecule is CO[C@H]1/C=C/CCCS(=O)NC(=O)c2ccc3c(c2)N(C[C@@H]2CC[C@H]21)C[C@@]1(CCCc2cc(C)ccc21)CO3. The van der Waals surface area contributed by atoms with Crippen LogP contribution in [0.25, 0.3) is 0 Å². The lowest BCUT2D eigenvalue weighted by atomic mass is 9.68. The van der Waals surface area contributed by atoms with Crippen molar-refractivity contribution >= 4 is 22.6 Å². The zero-order chi connectivity index (χ0) is 27.0. The summed E-state index contributed by atoms with van der Waals surface area (Å²) in [6.45, 7) is 4.54. The molecule has 2 aromatic rings. The summed E-state index contributed by atoms with van der Waals surface area (Å²) in [5.74, 6) is 1.92. The summed E-state index contributed by atoms with van der Waals surface area (Å²) in [5.41, 5.74) is 5.54. The van der Waals surface area contributed by atoms with E-state index >= 15 is 0 Å². The van der Waals surface area contributed by atoms with Gasteiger partial charge in [0.2, 0.25) is 0 Å². The maximum Gasteiger partial charge on any atom is 0.263 e.